The number of nitrogens with one attached hydrogen (secondary N) is 1. The Kier molecular flexibility index (Phi) is 5.65. The molecule has 5 rings (SSSR count). The van der Waals surface area contributed by atoms with Crippen molar-refractivity contribution in [1.29, 1.82) is 0 Å². The van der Waals surface area contributed by atoms with Crippen LogP contribution in [-0.4, -0.2) is 44.0 Å². The van der Waals surface area contributed by atoms with E-state index in [1.807, 2.05) is 0 Å². The second-order valence-corrected chi connectivity index (χ2v) is 10.4. The van der Waals surface area contributed by atoms with E-state index in [4.69, 9.17) is 4.74 Å². The maximum absolute atomic E-state index is 13.2. The van der Waals surface area contributed by atoms with Crippen molar-refractivity contribution < 1.29 is 17.9 Å². The SMILES string of the molecule is COc1ccc(C(=O)N2C[C@H]3C[C@H](C2)c2c(NS(=O)(=O)c4ccccc4)ccc(=O)n2C3)cc1. The number of hydrogen-bond donors (Lipinski definition) is 1. The van der Waals surface area contributed by atoms with E-state index in [1.165, 1.54) is 24.3 Å². The summed E-state index contributed by atoms with van der Waals surface area (Å²) < 4.78 is 35.5. The van der Waals surface area contributed by atoms with E-state index in [0.717, 1.165) is 6.42 Å². The molecule has 1 N–H and O–H groups in total. The lowest BCUT2D eigenvalue weighted by Crippen LogP contribution is -2.49. The molecule has 0 radical (unpaired) electrons. The topological polar surface area (TPSA) is 97.7 Å². The van der Waals surface area contributed by atoms with Gasteiger partial charge < -0.3 is 14.2 Å². The molecular formula is C25H25N3O5S. The quantitative estimate of drug-likeness (QED) is 0.607. The molecule has 2 aromatic carbocycles. The summed E-state index contributed by atoms with van der Waals surface area (Å²) in [6, 6.07) is 18.0. The van der Waals surface area contributed by atoms with Gasteiger partial charge in [0.2, 0.25) is 0 Å². The number of anilines is 1. The number of aromatic nitrogens is 1. The number of carbonyl (C=O) groups is 1. The molecule has 1 amide bonds. The van der Waals surface area contributed by atoms with Gasteiger partial charge in [-0.3, -0.25) is 14.3 Å². The Bertz CT molecular complexity index is 1380. The molecule has 1 aromatic heterocycles. The van der Waals surface area contributed by atoms with Gasteiger partial charge >= 0.3 is 0 Å². The molecule has 1 saturated heterocycles. The summed E-state index contributed by atoms with van der Waals surface area (Å²) in [6.45, 7) is 1.40. The van der Waals surface area contributed by atoms with Crippen molar-refractivity contribution in [2.45, 2.75) is 23.8 Å². The third-order valence-corrected chi connectivity index (χ3v) is 7.89. The smallest absolute Gasteiger partial charge is 0.261 e. The number of hydrogen-bond acceptors (Lipinski definition) is 5. The van der Waals surface area contributed by atoms with Crippen molar-refractivity contribution in [3.63, 3.8) is 0 Å². The monoisotopic (exact) mass is 479 g/mol. The van der Waals surface area contributed by atoms with E-state index in [1.54, 1.807) is 59.0 Å². The van der Waals surface area contributed by atoms with Crippen LogP contribution >= 0.6 is 0 Å². The van der Waals surface area contributed by atoms with Crippen molar-refractivity contribution >= 4 is 21.6 Å². The average molecular weight is 480 g/mol. The molecule has 2 aliphatic rings. The highest BCUT2D eigenvalue weighted by atomic mass is 32.2. The van der Waals surface area contributed by atoms with Crippen molar-refractivity contribution in [1.82, 2.24) is 9.47 Å². The summed E-state index contributed by atoms with van der Waals surface area (Å²) in [4.78, 5) is 27.8. The molecule has 8 nitrogen and oxygen atoms in total. The van der Waals surface area contributed by atoms with Gasteiger partial charge in [0.15, 0.2) is 0 Å². The Morgan fingerprint density at radius 1 is 0.971 bits per heavy atom. The van der Waals surface area contributed by atoms with E-state index in [0.29, 0.717) is 42.3 Å². The number of pyridine rings is 1. The maximum atomic E-state index is 13.2. The van der Waals surface area contributed by atoms with E-state index in [2.05, 4.69) is 4.72 Å². The van der Waals surface area contributed by atoms with Crippen LogP contribution in [0, 0.1) is 5.92 Å². The average Bonchev–Trinajstić information content (AvgIpc) is 2.85. The Morgan fingerprint density at radius 3 is 2.41 bits per heavy atom. The molecule has 0 unspecified atom stereocenters. The third kappa shape index (κ3) is 4.07. The van der Waals surface area contributed by atoms with Crippen LogP contribution in [0.4, 0.5) is 5.69 Å². The first-order valence-electron chi connectivity index (χ1n) is 11.1. The van der Waals surface area contributed by atoms with Crippen LogP contribution in [0.15, 0.2) is 76.4 Å². The zero-order valence-electron chi connectivity index (χ0n) is 18.7. The number of likely N-dealkylation sites (tertiary alicyclic amines) is 1. The number of piperidine rings is 1. The minimum atomic E-state index is -3.82. The number of carbonyl (C=O) groups excluding carboxylic acids is 1. The summed E-state index contributed by atoms with van der Waals surface area (Å²) in [5.41, 5.74) is 1.42. The van der Waals surface area contributed by atoms with Gasteiger partial charge in [-0.25, -0.2) is 8.42 Å². The summed E-state index contributed by atoms with van der Waals surface area (Å²) in [6.07, 6.45) is 0.788. The highest BCUT2D eigenvalue weighted by molar-refractivity contribution is 7.92. The largest absolute Gasteiger partial charge is 0.497 e. The zero-order chi connectivity index (χ0) is 23.9. The van der Waals surface area contributed by atoms with Crippen LogP contribution < -0.4 is 15.0 Å². The normalized spacial score (nSPS) is 19.3. The molecular weight excluding hydrogens is 454 g/mol. The van der Waals surface area contributed by atoms with Crippen LogP contribution in [-0.2, 0) is 16.6 Å². The highest BCUT2D eigenvalue weighted by Gasteiger charge is 2.38. The van der Waals surface area contributed by atoms with E-state index >= 15 is 0 Å². The van der Waals surface area contributed by atoms with Gasteiger partial charge in [-0.2, -0.15) is 0 Å². The minimum Gasteiger partial charge on any atom is -0.497 e. The zero-order valence-corrected chi connectivity index (χ0v) is 19.5. The Hall–Kier alpha value is -3.59. The summed E-state index contributed by atoms with van der Waals surface area (Å²) in [5, 5.41) is 0. The van der Waals surface area contributed by atoms with Crippen molar-refractivity contribution in [2.75, 3.05) is 24.9 Å². The fourth-order valence-electron chi connectivity index (χ4n) is 4.99. The fourth-order valence-corrected chi connectivity index (χ4v) is 6.08. The molecule has 0 spiro atoms. The number of fused-ring (bicyclic) bond motifs is 4. The maximum Gasteiger partial charge on any atom is 0.261 e. The first-order chi connectivity index (χ1) is 16.4. The molecule has 2 atom stereocenters. The lowest BCUT2D eigenvalue weighted by Gasteiger charge is -2.43. The van der Waals surface area contributed by atoms with Crippen LogP contribution in [0.5, 0.6) is 5.75 Å². The van der Waals surface area contributed by atoms with E-state index < -0.39 is 10.0 Å². The second kappa shape index (κ2) is 8.64. The van der Waals surface area contributed by atoms with Crippen LogP contribution in [0.25, 0.3) is 0 Å². The highest BCUT2D eigenvalue weighted by Crippen LogP contribution is 2.39. The van der Waals surface area contributed by atoms with Crippen LogP contribution in [0.2, 0.25) is 0 Å². The molecule has 2 aliphatic heterocycles. The van der Waals surface area contributed by atoms with Crippen molar-refractivity contribution in [2.24, 2.45) is 5.92 Å². The molecule has 0 saturated carbocycles. The van der Waals surface area contributed by atoms with Gasteiger partial charge in [0.25, 0.3) is 21.5 Å². The molecule has 1 fully saturated rings. The van der Waals surface area contributed by atoms with Gasteiger partial charge in [-0.15, -0.1) is 0 Å². The van der Waals surface area contributed by atoms with Crippen LogP contribution in [0.1, 0.15) is 28.4 Å². The Labute approximate surface area is 197 Å². The van der Waals surface area contributed by atoms with Gasteiger partial charge in [-0.1, -0.05) is 18.2 Å². The van der Waals surface area contributed by atoms with E-state index in [-0.39, 0.29) is 28.2 Å². The number of methoxy groups -OCH3 is 1. The fraction of sp³-hybridized carbons (Fsp3) is 0.280. The van der Waals surface area contributed by atoms with E-state index in [9.17, 15) is 18.0 Å². The lowest BCUT2D eigenvalue weighted by molar-refractivity contribution is 0.0595. The van der Waals surface area contributed by atoms with Gasteiger partial charge in [0.05, 0.1) is 23.4 Å². The molecule has 9 heteroatoms. The molecule has 3 aromatic rings. The lowest BCUT2D eigenvalue weighted by atomic mass is 9.82. The summed E-state index contributed by atoms with van der Waals surface area (Å²) in [5.74, 6) is 0.551. The summed E-state index contributed by atoms with van der Waals surface area (Å²) >= 11 is 0. The van der Waals surface area contributed by atoms with Gasteiger partial charge in [0.1, 0.15) is 5.75 Å². The first kappa shape index (κ1) is 22.2. The second-order valence-electron chi connectivity index (χ2n) is 8.74. The van der Waals surface area contributed by atoms with Crippen molar-refractivity contribution in [3.8, 4) is 5.75 Å². The number of rotatable bonds is 5. The number of amides is 1. The molecule has 2 bridgehead atoms. The Balaban J connectivity index is 1.46. The molecule has 3 heterocycles. The number of benzene rings is 2. The predicted molar refractivity (Wildman–Crippen MR) is 128 cm³/mol. The minimum absolute atomic E-state index is 0.0875. The third-order valence-electron chi connectivity index (χ3n) is 6.51. The van der Waals surface area contributed by atoms with Crippen LogP contribution in [0.3, 0.4) is 0 Å². The van der Waals surface area contributed by atoms with Gasteiger partial charge in [0, 0.05) is 37.2 Å². The van der Waals surface area contributed by atoms with Crippen molar-refractivity contribution in [3.05, 3.63) is 88.3 Å². The molecule has 0 aliphatic carbocycles. The molecule has 176 valence electrons. The standard InChI is InChI=1S/C25H25N3O5S/c1-33-20-9-7-18(8-10-20)25(30)27-14-17-13-19(16-27)24-22(11-12-23(29)28(24)15-17)26-34(31,32)21-5-3-2-4-6-21/h2-12,17,19,26H,13-16H2,1H3/t17-,19-/m1/s1. The van der Waals surface area contributed by atoms with Gasteiger partial charge in [-0.05, 0) is 54.8 Å². The molecule has 34 heavy (non-hydrogen) atoms. The number of nitrogens with zero attached hydrogens (tertiary/aromatic N) is 2. The number of ether oxygens (including phenoxy) is 1. The predicted octanol–water partition coefficient (Wildman–Crippen LogP) is 2.92. The number of sulfonamides is 1. The Morgan fingerprint density at radius 2 is 1.71 bits per heavy atom. The first-order valence-corrected chi connectivity index (χ1v) is 12.6. The summed E-state index contributed by atoms with van der Waals surface area (Å²) in [7, 11) is -2.25.